The first-order chi connectivity index (χ1) is 12.5. The number of amides is 1. The molecule has 0 atom stereocenters. The molecule has 1 aromatic carbocycles. The summed E-state index contributed by atoms with van der Waals surface area (Å²) in [7, 11) is 0. The van der Waals surface area contributed by atoms with Gasteiger partial charge in [0.05, 0.1) is 18.4 Å². The third-order valence-electron chi connectivity index (χ3n) is 3.50. The molecule has 0 unspecified atom stereocenters. The average molecular weight is 370 g/mol. The average Bonchev–Trinajstić information content (AvgIpc) is 3.23. The normalized spacial score (nSPS) is 11.0. The number of anilines is 1. The third-order valence-corrected chi connectivity index (χ3v) is 3.74. The quantitative estimate of drug-likeness (QED) is 0.525. The molecule has 2 heterocycles. The van der Waals surface area contributed by atoms with E-state index in [4.69, 9.17) is 16.0 Å². The lowest BCUT2D eigenvalue weighted by molar-refractivity contribution is -0.111. The zero-order valence-electron chi connectivity index (χ0n) is 14.0. The van der Waals surface area contributed by atoms with Crippen molar-refractivity contribution in [1.29, 1.82) is 0 Å². The molecule has 6 nitrogen and oxygen atoms in total. The maximum absolute atomic E-state index is 12.0. The molecule has 0 saturated carbocycles. The number of furan rings is 1. The van der Waals surface area contributed by atoms with Crippen molar-refractivity contribution in [2.24, 2.45) is 0 Å². The Bertz CT molecular complexity index is 972. The van der Waals surface area contributed by atoms with E-state index in [-0.39, 0.29) is 11.7 Å². The number of benzene rings is 1. The largest absolute Gasteiger partial charge is 0.456 e. The maximum Gasteiger partial charge on any atom is 0.248 e. The number of nitrogens with zero attached hydrogens (tertiary/aromatic N) is 2. The highest BCUT2D eigenvalue weighted by Gasteiger charge is 2.08. The summed E-state index contributed by atoms with van der Waals surface area (Å²) < 4.78 is 7.03. The summed E-state index contributed by atoms with van der Waals surface area (Å²) in [6, 6.07) is 10.6. The summed E-state index contributed by atoms with van der Waals surface area (Å²) >= 11 is 5.91. The van der Waals surface area contributed by atoms with Crippen LogP contribution >= 0.6 is 11.6 Å². The van der Waals surface area contributed by atoms with Gasteiger partial charge in [0, 0.05) is 24.2 Å². The molecule has 0 aliphatic carbocycles. The highest BCUT2D eigenvalue weighted by molar-refractivity contribution is 6.30. The Morgan fingerprint density at radius 3 is 2.88 bits per heavy atom. The van der Waals surface area contributed by atoms with Crippen LogP contribution in [-0.4, -0.2) is 21.5 Å². The molecule has 0 aliphatic heterocycles. The highest BCUT2D eigenvalue weighted by Crippen LogP contribution is 2.13. The number of aromatic nitrogens is 2. The van der Waals surface area contributed by atoms with E-state index < -0.39 is 0 Å². The second-order valence-corrected chi connectivity index (χ2v) is 6.06. The predicted molar refractivity (Wildman–Crippen MR) is 99.2 cm³/mol. The standard InChI is InChI=1S/C19H16ClN3O3/c1-13(24)18-7-6-17(26-18)12-23-11-16(10-21-23)22-19(25)8-5-14-3-2-4-15(20)9-14/h2-11H,12H2,1H3,(H,22,25)/b8-5-. The van der Waals surface area contributed by atoms with Crippen molar-refractivity contribution in [3.05, 3.63) is 77.0 Å². The number of nitrogens with one attached hydrogen (secondary N) is 1. The Morgan fingerprint density at radius 2 is 2.15 bits per heavy atom. The molecule has 1 N–H and O–H groups in total. The first-order valence-electron chi connectivity index (χ1n) is 7.86. The van der Waals surface area contributed by atoms with Gasteiger partial charge >= 0.3 is 0 Å². The second-order valence-electron chi connectivity index (χ2n) is 5.63. The molecule has 2 aromatic heterocycles. The van der Waals surface area contributed by atoms with Crippen LogP contribution in [0.15, 0.2) is 59.3 Å². The van der Waals surface area contributed by atoms with E-state index in [9.17, 15) is 9.59 Å². The van der Waals surface area contributed by atoms with Crippen LogP contribution in [0.4, 0.5) is 5.69 Å². The molecule has 7 heteroatoms. The van der Waals surface area contributed by atoms with Gasteiger partial charge in [-0.05, 0) is 35.9 Å². The van der Waals surface area contributed by atoms with Crippen molar-refractivity contribution in [3.8, 4) is 0 Å². The van der Waals surface area contributed by atoms with Crippen molar-refractivity contribution in [3.63, 3.8) is 0 Å². The number of Topliss-reactive ketones (excluding diaryl/α,β-unsaturated/α-hetero) is 1. The van der Waals surface area contributed by atoms with Crippen LogP contribution in [0.5, 0.6) is 0 Å². The molecule has 0 fully saturated rings. The Morgan fingerprint density at radius 1 is 1.31 bits per heavy atom. The Hall–Kier alpha value is -3.12. The van der Waals surface area contributed by atoms with Crippen LogP contribution in [0.3, 0.4) is 0 Å². The molecule has 3 rings (SSSR count). The van der Waals surface area contributed by atoms with Gasteiger partial charge in [0.15, 0.2) is 11.5 Å². The first kappa shape index (κ1) is 17.7. The molecule has 0 saturated heterocycles. The van der Waals surface area contributed by atoms with E-state index in [1.54, 1.807) is 47.4 Å². The van der Waals surface area contributed by atoms with Gasteiger partial charge in [0.1, 0.15) is 5.76 Å². The van der Waals surface area contributed by atoms with Crippen molar-refractivity contribution < 1.29 is 14.0 Å². The molecule has 0 spiro atoms. The van der Waals surface area contributed by atoms with Crippen LogP contribution < -0.4 is 5.32 Å². The Kier molecular flexibility index (Phi) is 5.34. The maximum atomic E-state index is 12.0. The number of halogens is 1. The van der Waals surface area contributed by atoms with Crippen LogP contribution in [0.2, 0.25) is 5.02 Å². The lowest BCUT2D eigenvalue weighted by Crippen LogP contribution is -2.07. The molecular weight excluding hydrogens is 354 g/mol. The third kappa shape index (κ3) is 4.70. The molecule has 3 aromatic rings. The summed E-state index contributed by atoms with van der Waals surface area (Å²) in [5, 5.41) is 7.50. The van der Waals surface area contributed by atoms with E-state index in [2.05, 4.69) is 10.4 Å². The van der Waals surface area contributed by atoms with E-state index in [0.29, 0.717) is 28.8 Å². The number of carbonyl (C=O) groups excluding carboxylic acids is 2. The molecule has 132 valence electrons. The SMILES string of the molecule is CC(=O)c1ccc(Cn2cc(NC(=O)/C=C\c3cccc(Cl)c3)cn2)o1. The fourth-order valence-electron chi connectivity index (χ4n) is 2.29. The van der Waals surface area contributed by atoms with E-state index >= 15 is 0 Å². The van der Waals surface area contributed by atoms with Gasteiger partial charge in [-0.1, -0.05) is 23.7 Å². The Balaban J connectivity index is 1.59. The zero-order valence-corrected chi connectivity index (χ0v) is 14.7. The fourth-order valence-corrected chi connectivity index (χ4v) is 2.49. The predicted octanol–water partition coefficient (Wildman–Crippen LogP) is 4.03. The van der Waals surface area contributed by atoms with Gasteiger partial charge < -0.3 is 9.73 Å². The Labute approximate surface area is 155 Å². The minimum absolute atomic E-state index is 0.129. The van der Waals surface area contributed by atoms with Crippen molar-refractivity contribution in [1.82, 2.24) is 9.78 Å². The van der Waals surface area contributed by atoms with Gasteiger partial charge in [0.2, 0.25) is 5.91 Å². The van der Waals surface area contributed by atoms with E-state index in [1.165, 1.54) is 13.0 Å². The number of hydrogen-bond acceptors (Lipinski definition) is 4. The minimum atomic E-state index is -0.276. The molecule has 26 heavy (non-hydrogen) atoms. The van der Waals surface area contributed by atoms with E-state index in [0.717, 1.165) is 5.56 Å². The highest BCUT2D eigenvalue weighted by atomic mass is 35.5. The van der Waals surface area contributed by atoms with Gasteiger partial charge in [-0.2, -0.15) is 5.10 Å². The van der Waals surface area contributed by atoms with Crippen LogP contribution in [0.25, 0.3) is 6.08 Å². The number of rotatable bonds is 6. The number of ketones is 1. The monoisotopic (exact) mass is 369 g/mol. The first-order valence-corrected chi connectivity index (χ1v) is 8.24. The topological polar surface area (TPSA) is 77.1 Å². The van der Waals surface area contributed by atoms with Crippen LogP contribution in [0.1, 0.15) is 28.8 Å². The van der Waals surface area contributed by atoms with Crippen molar-refractivity contribution >= 4 is 35.1 Å². The second kappa shape index (κ2) is 7.84. The minimum Gasteiger partial charge on any atom is -0.456 e. The van der Waals surface area contributed by atoms with Crippen LogP contribution in [-0.2, 0) is 11.3 Å². The molecular formula is C19H16ClN3O3. The molecule has 0 bridgehead atoms. The van der Waals surface area contributed by atoms with E-state index in [1.807, 2.05) is 12.1 Å². The summed E-state index contributed by atoms with van der Waals surface area (Å²) in [6.07, 6.45) is 6.33. The molecule has 1 amide bonds. The molecule has 0 aliphatic rings. The number of carbonyl (C=O) groups is 2. The van der Waals surface area contributed by atoms with Gasteiger partial charge in [-0.3, -0.25) is 14.3 Å². The van der Waals surface area contributed by atoms with Crippen molar-refractivity contribution in [2.45, 2.75) is 13.5 Å². The summed E-state index contributed by atoms with van der Waals surface area (Å²) in [4.78, 5) is 23.2. The number of hydrogen-bond donors (Lipinski definition) is 1. The van der Waals surface area contributed by atoms with Gasteiger partial charge in [-0.25, -0.2) is 0 Å². The lowest BCUT2D eigenvalue weighted by atomic mass is 10.2. The van der Waals surface area contributed by atoms with Gasteiger partial charge in [0.25, 0.3) is 0 Å². The summed E-state index contributed by atoms with van der Waals surface area (Å²) in [6.45, 7) is 1.81. The smallest absolute Gasteiger partial charge is 0.248 e. The van der Waals surface area contributed by atoms with Crippen LogP contribution in [0, 0.1) is 0 Å². The lowest BCUT2D eigenvalue weighted by Gasteiger charge is -1.99. The molecule has 0 radical (unpaired) electrons. The zero-order chi connectivity index (χ0) is 18.5. The van der Waals surface area contributed by atoms with Gasteiger partial charge in [-0.15, -0.1) is 0 Å². The fraction of sp³-hybridized carbons (Fsp3) is 0.105. The summed E-state index contributed by atoms with van der Waals surface area (Å²) in [5.41, 5.74) is 1.39. The van der Waals surface area contributed by atoms with Crippen molar-refractivity contribution in [2.75, 3.05) is 5.32 Å². The summed E-state index contributed by atoms with van der Waals surface area (Å²) in [5.74, 6) is 0.515.